The van der Waals surface area contributed by atoms with E-state index in [0.717, 1.165) is 0 Å². The molecule has 0 aliphatic rings. The molecule has 0 bridgehead atoms. The van der Waals surface area contributed by atoms with E-state index < -0.39 is 4.92 Å². The second kappa shape index (κ2) is 6.49. The van der Waals surface area contributed by atoms with Gasteiger partial charge in [-0.2, -0.15) is 0 Å². The molecule has 1 amide bonds. The number of carbonyl (C=O) groups is 1. The van der Waals surface area contributed by atoms with Crippen LogP contribution in [0, 0.1) is 10.1 Å². The van der Waals surface area contributed by atoms with E-state index in [2.05, 4.69) is 15.9 Å². The summed E-state index contributed by atoms with van der Waals surface area (Å²) < 4.78 is 0.699. The van der Waals surface area contributed by atoms with Gasteiger partial charge >= 0.3 is 0 Å². The third-order valence-corrected chi connectivity index (χ3v) is 3.74. The van der Waals surface area contributed by atoms with E-state index in [-0.39, 0.29) is 18.1 Å². The molecule has 0 aliphatic heterocycles. The van der Waals surface area contributed by atoms with Gasteiger partial charge in [-0.05, 0) is 28.1 Å². The van der Waals surface area contributed by atoms with Crippen LogP contribution in [0.1, 0.15) is 15.9 Å². The normalized spacial score (nSPS) is 10.2. The first-order valence-electron chi connectivity index (χ1n) is 6.23. The van der Waals surface area contributed by atoms with Crippen LogP contribution >= 0.6 is 15.9 Å². The van der Waals surface area contributed by atoms with E-state index in [1.807, 2.05) is 6.07 Å². The van der Waals surface area contributed by atoms with E-state index in [9.17, 15) is 14.9 Å². The number of carbonyl (C=O) groups excluding carboxylic acids is 1. The van der Waals surface area contributed by atoms with Gasteiger partial charge in [0.1, 0.15) is 0 Å². The molecule has 2 rings (SSSR count). The van der Waals surface area contributed by atoms with Crippen LogP contribution < -0.4 is 0 Å². The molecule has 21 heavy (non-hydrogen) atoms. The van der Waals surface area contributed by atoms with Gasteiger partial charge in [0.2, 0.25) is 0 Å². The molecule has 0 atom stereocenters. The first-order valence-corrected chi connectivity index (χ1v) is 7.02. The van der Waals surface area contributed by atoms with E-state index in [4.69, 9.17) is 0 Å². The molecular formula is C15H13BrN2O3. The predicted octanol–water partition coefficient (Wildman–Crippen LogP) is 3.63. The summed E-state index contributed by atoms with van der Waals surface area (Å²) in [4.78, 5) is 24.4. The van der Waals surface area contributed by atoms with Crippen molar-refractivity contribution in [1.82, 2.24) is 4.90 Å². The molecule has 0 unspecified atom stereocenters. The predicted molar refractivity (Wildman–Crippen MR) is 83.0 cm³/mol. The summed E-state index contributed by atoms with van der Waals surface area (Å²) in [5.74, 6) is -0.194. The summed E-state index contributed by atoms with van der Waals surface area (Å²) in [6.45, 7) is 0.178. The van der Waals surface area contributed by atoms with Gasteiger partial charge in [0.05, 0.1) is 17.0 Å². The highest BCUT2D eigenvalue weighted by Gasteiger charge is 2.19. The van der Waals surface area contributed by atoms with Crippen molar-refractivity contribution in [3.8, 4) is 0 Å². The first kappa shape index (κ1) is 15.2. The lowest BCUT2D eigenvalue weighted by Gasteiger charge is -2.18. The van der Waals surface area contributed by atoms with Crippen LogP contribution in [0.3, 0.4) is 0 Å². The lowest BCUT2D eigenvalue weighted by Crippen LogP contribution is -2.26. The average molecular weight is 349 g/mol. The number of nitro benzene ring substituents is 1. The van der Waals surface area contributed by atoms with Crippen LogP contribution in [0.2, 0.25) is 0 Å². The maximum Gasteiger partial charge on any atom is 0.274 e. The van der Waals surface area contributed by atoms with Gasteiger partial charge in [-0.3, -0.25) is 14.9 Å². The van der Waals surface area contributed by atoms with Crippen molar-refractivity contribution in [2.75, 3.05) is 7.05 Å². The Labute approximate surface area is 130 Å². The molecule has 0 N–H and O–H groups in total. The Morgan fingerprint density at radius 3 is 2.48 bits per heavy atom. The highest BCUT2D eigenvalue weighted by molar-refractivity contribution is 9.10. The molecule has 0 saturated heterocycles. The largest absolute Gasteiger partial charge is 0.337 e. The molecule has 108 valence electrons. The molecule has 0 fully saturated rings. The molecule has 0 saturated carbocycles. The first-order chi connectivity index (χ1) is 10.0. The summed E-state index contributed by atoms with van der Waals surface area (Å²) in [6, 6.07) is 13.5. The van der Waals surface area contributed by atoms with Gasteiger partial charge in [0, 0.05) is 23.2 Å². The minimum atomic E-state index is -0.438. The number of nitro groups is 1. The smallest absolute Gasteiger partial charge is 0.274 e. The zero-order valence-corrected chi connectivity index (χ0v) is 12.9. The minimum absolute atomic E-state index is 0.0178. The molecule has 0 heterocycles. The van der Waals surface area contributed by atoms with Crippen LogP contribution in [-0.2, 0) is 6.54 Å². The molecule has 0 aromatic heterocycles. The molecule has 5 nitrogen and oxygen atoms in total. The fourth-order valence-electron chi connectivity index (χ4n) is 1.99. The van der Waals surface area contributed by atoms with Crippen LogP contribution in [-0.4, -0.2) is 22.8 Å². The van der Waals surface area contributed by atoms with Gasteiger partial charge in [-0.1, -0.05) is 30.3 Å². The van der Waals surface area contributed by atoms with Crippen LogP contribution in [0.15, 0.2) is 53.0 Å². The Morgan fingerprint density at radius 1 is 1.19 bits per heavy atom. The van der Waals surface area contributed by atoms with E-state index in [1.54, 1.807) is 43.4 Å². The van der Waals surface area contributed by atoms with Crippen molar-refractivity contribution in [2.24, 2.45) is 0 Å². The number of para-hydroxylation sites is 1. The molecular weight excluding hydrogens is 336 g/mol. The topological polar surface area (TPSA) is 63.4 Å². The van der Waals surface area contributed by atoms with Crippen LogP contribution in [0.25, 0.3) is 0 Å². The second-order valence-corrected chi connectivity index (χ2v) is 5.38. The van der Waals surface area contributed by atoms with E-state index in [0.29, 0.717) is 15.6 Å². The number of nitrogens with zero attached hydrogens (tertiary/aromatic N) is 2. The zero-order valence-electron chi connectivity index (χ0n) is 11.3. The van der Waals surface area contributed by atoms with E-state index in [1.165, 1.54) is 11.0 Å². The van der Waals surface area contributed by atoms with Crippen molar-refractivity contribution < 1.29 is 9.72 Å². The zero-order chi connectivity index (χ0) is 15.4. The minimum Gasteiger partial charge on any atom is -0.337 e. The highest BCUT2D eigenvalue weighted by Crippen LogP contribution is 2.22. The van der Waals surface area contributed by atoms with Crippen molar-refractivity contribution in [1.29, 1.82) is 0 Å². The van der Waals surface area contributed by atoms with Crippen molar-refractivity contribution >= 4 is 27.5 Å². The molecule has 2 aromatic carbocycles. The Morgan fingerprint density at radius 2 is 1.81 bits per heavy atom. The molecule has 0 aliphatic carbocycles. The highest BCUT2D eigenvalue weighted by atomic mass is 79.9. The Bertz CT molecular complexity index is 688. The third kappa shape index (κ3) is 3.46. The second-order valence-electron chi connectivity index (χ2n) is 4.53. The van der Waals surface area contributed by atoms with Crippen molar-refractivity contribution in [3.05, 3.63) is 74.2 Å². The summed E-state index contributed by atoms with van der Waals surface area (Å²) in [6.07, 6.45) is 0. The lowest BCUT2D eigenvalue weighted by molar-refractivity contribution is -0.385. The monoisotopic (exact) mass is 348 g/mol. The van der Waals surface area contributed by atoms with Crippen LogP contribution in [0.5, 0.6) is 0 Å². The third-order valence-electron chi connectivity index (χ3n) is 3.05. The van der Waals surface area contributed by atoms with Gasteiger partial charge in [0.25, 0.3) is 11.6 Å². The maximum absolute atomic E-state index is 12.4. The number of hydrogen-bond acceptors (Lipinski definition) is 3. The van der Waals surface area contributed by atoms with Gasteiger partial charge in [-0.15, -0.1) is 0 Å². The van der Waals surface area contributed by atoms with Crippen molar-refractivity contribution in [2.45, 2.75) is 6.54 Å². The number of hydrogen-bond donors (Lipinski definition) is 0. The SMILES string of the molecule is CN(Cc1ccccc1[N+](=O)[O-])C(=O)c1ccccc1Br. The fourth-order valence-corrected chi connectivity index (χ4v) is 2.44. The molecule has 0 radical (unpaired) electrons. The van der Waals surface area contributed by atoms with Crippen LogP contribution in [0.4, 0.5) is 5.69 Å². The van der Waals surface area contributed by atoms with Crippen molar-refractivity contribution in [3.63, 3.8) is 0 Å². The molecule has 0 spiro atoms. The Kier molecular flexibility index (Phi) is 4.70. The number of halogens is 1. The van der Waals surface area contributed by atoms with E-state index >= 15 is 0 Å². The van der Waals surface area contributed by atoms with Gasteiger partial charge in [-0.25, -0.2) is 0 Å². The summed E-state index contributed by atoms with van der Waals surface area (Å²) in [5, 5.41) is 11.0. The Hall–Kier alpha value is -2.21. The summed E-state index contributed by atoms with van der Waals surface area (Å²) >= 11 is 3.33. The fraction of sp³-hybridized carbons (Fsp3) is 0.133. The molecule has 6 heteroatoms. The number of rotatable bonds is 4. The number of benzene rings is 2. The summed E-state index contributed by atoms with van der Waals surface area (Å²) in [7, 11) is 1.62. The standard InChI is InChI=1S/C15H13BrN2O3/c1-17(15(19)12-7-3-4-8-13(12)16)10-11-6-2-5-9-14(11)18(20)21/h2-9H,10H2,1H3. The number of amides is 1. The molecule has 2 aromatic rings. The van der Waals surface area contributed by atoms with Gasteiger partial charge in [0.15, 0.2) is 0 Å². The lowest BCUT2D eigenvalue weighted by atomic mass is 10.1. The summed E-state index contributed by atoms with van der Waals surface area (Å²) in [5.41, 5.74) is 1.05. The Balaban J connectivity index is 2.23. The van der Waals surface area contributed by atoms with Gasteiger partial charge < -0.3 is 4.90 Å². The average Bonchev–Trinajstić information content (AvgIpc) is 2.47. The maximum atomic E-state index is 12.4. The quantitative estimate of drug-likeness (QED) is 0.625.